The minimum atomic E-state index is 0.437. The van der Waals surface area contributed by atoms with Crippen molar-refractivity contribution in [2.45, 2.75) is 38.1 Å². The zero-order chi connectivity index (χ0) is 12.6. The summed E-state index contributed by atoms with van der Waals surface area (Å²) in [5.41, 5.74) is 0. The van der Waals surface area contributed by atoms with Crippen LogP contribution in [-0.2, 0) is 0 Å². The van der Waals surface area contributed by atoms with Gasteiger partial charge in [0.2, 0.25) is 6.19 Å². The molecule has 1 saturated carbocycles. The third-order valence-corrected chi connectivity index (χ3v) is 3.08. The van der Waals surface area contributed by atoms with Gasteiger partial charge in [-0.2, -0.15) is 10.3 Å². The van der Waals surface area contributed by atoms with Crippen LogP contribution in [-0.4, -0.2) is 11.9 Å². The molecule has 1 aromatic rings. The fraction of sp³-hybridized carbons (Fsp3) is 0.429. The molecule has 1 N–H and O–H groups in total. The number of nitriles is 1. The van der Waals surface area contributed by atoms with Gasteiger partial charge >= 0.3 is 0 Å². The zero-order valence-electron chi connectivity index (χ0n) is 10.3. The van der Waals surface area contributed by atoms with Gasteiger partial charge in [-0.15, -0.1) is 0 Å². The zero-order valence-corrected chi connectivity index (χ0v) is 10.3. The van der Waals surface area contributed by atoms with E-state index in [1.54, 1.807) is 12.3 Å². The molecule has 1 aromatic heterocycles. The first-order valence-electron chi connectivity index (χ1n) is 6.33. The molecule has 0 amide bonds. The summed E-state index contributed by atoms with van der Waals surface area (Å²) in [7, 11) is 0. The van der Waals surface area contributed by atoms with Gasteiger partial charge < -0.3 is 9.73 Å². The standard InChI is InChI=1S/C14H17N3O/c15-11-16-14(9-8-13-7-4-10-18-13)17-12-5-2-1-3-6-12/h4,7-10,12H,1-3,5-6H2,(H,16,17)/b9-8+. The van der Waals surface area contributed by atoms with Gasteiger partial charge in [-0.25, -0.2) is 0 Å². The molecule has 0 atom stereocenters. The van der Waals surface area contributed by atoms with Crippen molar-refractivity contribution in [1.29, 1.82) is 5.26 Å². The first-order chi connectivity index (χ1) is 8.88. The molecule has 1 heterocycles. The van der Waals surface area contributed by atoms with E-state index in [2.05, 4.69) is 10.3 Å². The quantitative estimate of drug-likeness (QED) is 0.504. The van der Waals surface area contributed by atoms with Crippen molar-refractivity contribution in [2.24, 2.45) is 4.99 Å². The lowest BCUT2D eigenvalue weighted by Crippen LogP contribution is -2.35. The van der Waals surface area contributed by atoms with Crippen LogP contribution in [0.2, 0.25) is 0 Å². The number of aliphatic imine (C=N–C) groups is 1. The van der Waals surface area contributed by atoms with Gasteiger partial charge in [-0.05, 0) is 37.1 Å². The molecule has 0 radical (unpaired) electrons. The Morgan fingerprint density at radius 2 is 2.28 bits per heavy atom. The Kier molecular flexibility index (Phi) is 4.60. The summed E-state index contributed by atoms with van der Waals surface area (Å²) in [6.45, 7) is 0. The van der Waals surface area contributed by atoms with Crippen LogP contribution in [0, 0.1) is 11.5 Å². The predicted molar refractivity (Wildman–Crippen MR) is 70.8 cm³/mol. The van der Waals surface area contributed by atoms with Gasteiger partial charge in [0.1, 0.15) is 11.6 Å². The molecule has 1 aliphatic rings. The fourth-order valence-electron chi connectivity index (χ4n) is 2.17. The molecule has 94 valence electrons. The van der Waals surface area contributed by atoms with Crippen molar-refractivity contribution >= 4 is 11.9 Å². The van der Waals surface area contributed by atoms with E-state index in [0.29, 0.717) is 11.9 Å². The average molecular weight is 243 g/mol. The van der Waals surface area contributed by atoms with Crippen LogP contribution in [0.15, 0.2) is 33.9 Å². The molecule has 4 heteroatoms. The normalized spacial score (nSPS) is 17.8. The van der Waals surface area contributed by atoms with Crippen molar-refractivity contribution in [3.05, 3.63) is 30.2 Å². The molecule has 2 rings (SSSR count). The molecule has 0 bridgehead atoms. The van der Waals surface area contributed by atoms with Gasteiger partial charge in [0.05, 0.1) is 6.26 Å². The van der Waals surface area contributed by atoms with Crippen molar-refractivity contribution in [1.82, 2.24) is 5.32 Å². The first kappa shape index (κ1) is 12.4. The number of nitrogens with zero attached hydrogens (tertiary/aromatic N) is 2. The van der Waals surface area contributed by atoms with Gasteiger partial charge in [-0.1, -0.05) is 19.3 Å². The molecule has 0 saturated heterocycles. The second-order valence-corrected chi connectivity index (χ2v) is 4.43. The maximum absolute atomic E-state index is 8.69. The van der Waals surface area contributed by atoms with E-state index >= 15 is 0 Å². The van der Waals surface area contributed by atoms with Gasteiger partial charge in [0.25, 0.3) is 0 Å². The summed E-state index contributed by atoms with van der Waals surface area (Å²) in [5.74, 6) is 1.37. The first-order valence-corrected chi connectivity index (χ1v) is 6.33. The Labute approximate surface area is 107 Å². The van der Waals surface area contributed by atoms with Gasteiger partial charge in [0.15, 0.2) is 0 Å². The smallest absolute Gasteiger partial charge is 0.207 e. The van der Waals surface area contributed by atoms with Crippen LogP contribution in [0.1, 0.15) is 37.9 Å². The lowest BCUT2D eigenvalue weighted by atomic mass is 9.95. The number of hydrogen-bond acceptors (Lipinski definition) is 3. The molecule has 0 unspecified atom stereocenters. The average Bonchev–Trinajstić information content (AvgIpc) is 2.91. The van der Waals surface area contributed by atoms with E-state index in [4.69, 9.17) is 9.68 Å². The van der Waals surface area contributed by atoms with Crippen LogP contribution in [0.25, 0.3) is 6.08 Å². The monoisotopic (exact) mass is 243 g/mol. The molecule has 18 heavy (non-hydrogen) atoms. The SMILES string of the molecule is N#C/N=C(\C=C\c1ccco1)NC1CCCCC1. The molecular weight excluding hydrogens is 226 g/mol. The summed E-state index contributed by atoms with van der Waals surface area (Å²) in [4.78, 5) is 3.80. The van der Waals surface area contributed by atoms with E-state index in [-0.39, 0.29) is 0 Å². The minimum absolute atomic E-state index is 0.437. The van der Waals surface area contributed by atoms with Crippen molar-refractivity contribution in [3.8, 4) is 6.19 Å². The highest BCUT2D eigenvalue weighted by molar-refractivity contribution is 5.96. The summed E-state index contributed by atoms with van der Waals surface area (Å²) >= 11 is 0. The van der Waals surface area contributed by atoms with Crippen molar-refractivity contribution < 1.29 is 4.42 Å². The van der Waals surface area contributed by atoms with Gasteiger partial charge in [-0.3, -0.25) is 0 Å². The van der Waals surface area contributed by atoms with Crippen molar-refractivity contribution in [3.63, 3.8) is 0 Å². The molecule has 0 aliphatic heterocycles. The molecular formula is C14H17N3O. The van der Waals surface area contributed by atoms with Crippen LogP contribution < -0.4 is 5.32 Å². The van der Waals surface area contributed by atoms with E-state index < -0.39 is 0 Å². The summed E-state index contributed by atoms with van der Waals surface area (Å²) in [6.07, 6.45) is 13.2. The van der Waals surface area contributed by atoms with Crippen LogP contribution >= 0.6 is 0 Å². The largest absolute Gasteiger partial charge is 0.465 e. The number of nitrogens with one attached hydrogen (secondary N) is 1. The third kappa shape index (κ3) is 3.77. The van der Waals surface area contributed by atoms with Crippen molar-refractivity contribution in [2.75, 3.05) is 0 Å². The molecule has 1 fully saturated rings. The highest BCUT2D eigenvalue weighted by Crippen LogP contribution is 2.17. The maximum atomic E-state index is 8.69. The van der Waals surface area contributed by atoms with Gasteiger partial charge in [0, 0.05) is 6.04 Å². The minimum Gasteiger partial charge on any atom is -0.465 e. The summed E-state index contributed by atoms with van der Waals surface area (Å²) < 4.78 is 5.20. The molecule has 0 spiro atoms. The Morgan fingerprint density at radius 1 is 1.44 bits per heavy atom. The van der Waals surface area contributed by atoms with E-state index in [1.165, 1.54) is 19.3 Å². The second kappa shape index (κ2) is 6.65. The van der Waals surface area contributed by atoms with Crippen LogP contribution in [0.4, 0.5) is 0 Å². The Hall–Kier alpha value is -2.02. The summed E-state index contributed by atoms with van der Waals surface area (Å²) in [6, 6.07) is 4.13. The Bertz CT molecular complexity index is 448. The van der Waals surface area contributed by atoms with E-state index in [0.717, 1.165) is 18.6 Å². The highest BCUT2D eigenvalue weighted by atomic mass is 16.3. The lowest BCUT2D eigenvalue weighted by Gasteiger charge is -2.23. The Morgan fingerprint density at radius 3 is 2.94 bits per heavy atom. The number of amidine groups is 1. The lowest BCUT2D eigenvalue weighted by molar-refractivity contribution is 0.414. The summed E-state index contributed by atoms with van der Waals surface area (Å²) in [5, 5.41) is 12.0. The molecule has 4 nitrogen and oxygen atoms in total. The highest BCUT2D eigenvalue weighted by Gasteiger charge is 2.13. The topological polar surface area (TPSA) is 61.3 Å². The Balaban J connectivity index is 1.96. The maximum Gasteiger partial charge on any atom is 0.207 e. The van der Waals surface area contributed by atoms with E-state index in [9.17, 15) is 0 Å². The fourth-order valence-corrected chi connectivity index (χ4v) is 2.17. The molecule has 1 aliphatic carbocycles. The predicted octanol–water partition coefficient (Wildman–Crippen LogP) is 3.09. The number of furan rings is 1. The number of rotatable bonds is 3. The van der Waals surface area contributed by atoms with Crippen LogP contribution in [0.3, 0.4) is 0 Å². The van der Waals surface area contributed by atoms with E-state index in [1.807, 2.05) is 24.4 Å². The van der Waals surface area contributed by atoms with Crippen LogP contribution in [0.5, 0.6) is 0 Å². The second-order valence-electron chi connectivity index (χ2n) is 4.43. The third-order valence-electron chi connectivity index (χ3n) is 3.08. The number of hydrogen-bond donors (Lipinski definition) is 1. The molecule has 0 aromatic carbocycles.